The summed E-state index contributed by atoms with van der Waals surface area (Å²) >= 11 is 0. The van der Waals surface area contributed by atoms with Crippen molar-refractivity contribution in [2.75, 3.05) is 7.11 Å². The summed E-state index contributed by atoms with van der Waals surface area (Å²) in [7, 11) is 3.28. The normalized spacial score (nSPS) is 9.27. The maximum Gasteiger partial charge on any atom is 0.269 e. The van der Waals surface area contributed by atoms with Gasteiger partial charge in [-0.15, -0.1) is 0 Å². The van der Waals surface area contributed by atoms with E-state index < -0.39 is 0 Å². The summed E-state index contributed by atoms with van der Waals surface area (Å²) in [4.78, 5) is 3.30. The van der Waals surface area contributed by atoms with Gasteiger partial charge in [0.1, 0.15) is 0 Å². The van der Waals surface area contributed by atoms with Gasteiger partial charge in [0.05, 0.1) is 19.4 Å². The van der Waals surface area contributed by atoms with Gasteiger partial charge < -0.3 is 4.74 Å². The molecule has 1 heterocycles. The Hall–Kier alpha value is -1.50. The summed E-state index contributed by atoms with van der Waals surface area (Å²) in [6.07, 6.45) is 0. The van der Waals surface area contributed by atoms with Crippen molar-refractivity contribution in [2.45, 2.75) is 6.92 Å². The minimum Gasteiger partial charge on any atom is -0.490 e. The van der Waals surface area contributed by atoms with E-state index in [0.29, 0.717) is 17.3 Å². The van der Waals surface area contributed by atoms with E-state index in [1.807, 2.05) is 0 Å². The van der Waals surface area contributed by atoms with E-state index in [2.05, 4.69) is 9.94 Å². The molecule has 0 aromatic carbocycles. The lowest BCUT2D eigenvalue weighted by atomic mass is 10.4. The van der Waals surface area contributed by atoms with Crippen molar-refractivity contribution < 1.29 is 4.74 Å². The molecule has 4 nitrogen and oxygen atoms in total. The third kappa shape index (κ3) is 1.05. The number of nitrogens with zero attached hydrogens (tertiary/aromatic N) is 3. The van der Waals surface area contributed by atoms with Gasteiger partial charge >= 0.3 is 0 Å². The van der Waals surface area contributed by atoms with Crippen LogP contribution in [0.4, 0.5) is 5.69 Å². The molecule has 0 spiro atoms. The van der Waals surface area contributed by atoms with Crippen molar-refractivity contribution in [3.63, 3.8) is 0 Å². The molecule has 1 rings (SSSR count). The van der Waals surface area contributed by atoms with E-state index in [0.717, 1.165) is 0 Å². The number of aromatic nitrogens is 2. The molecular weight excluding hydrogens is 142 g/mol. The third-order valence-electron chi connectivity index (χ3n) is 1.44. The number of aryl methyl sites for hydroxylation is 2. The van der Waals surface area contributed by atoms with E-state index in [1.165, 1.54) is 7.11 Å². The molecule has 0 aliphatic heterocycles. The van der Waals surface area contributed by atoms with Gasteiger partial charge in [0.2, 0.25) is 5.88 Å². The molecule has 1 aromatic rings. The topological polar surface area (TPSA) is 31.4 Å². The van der Waals surface area contributed by atoms with Crippen molar-refractivity contribution in [1.29, 1.82) is 0 Å². The van der Waals surface area contributed by atoms with Crippen LogP contribution in [0.15, 0.2) is 0 Å². The Balaban J connectivity index is 3.31. The van der Waals surface area contributed by atoms with E-state index in [4.69, 9.17) is 11.3 Å². The first-order valence-electron chi connectivity index (χ1n) is 3.15. The molecule has 0 saturated carbocycles. The quantitative estimate of drug-likeness (QED) is 0.566. The highest BCUT2D eigenvalue weighted by Crippen LogP contribution is 2.29. The highest BCUT2D eigenvalue weighted by Gasteiger charge is 2.12. The summed E-state index contributed by atoms with van der Waals surface area (Å²) in [5.74, 6) is 0.525. The van der Waals surface area contributed by atoms with Crippen molar-refractivity contribution in [3.05, 3.63) is 17.1 Å². The molecule has 0 bridgehead atoms. The molecule has 4 heteroatoms. The highest BCUT2D eigenvalue weighted by molar-refractivity contribution is 5.57. The van der Waals surface area contributed by atoms with Crippen LogP contribution in [-0.2, 0) is 7.05 Å². The van der Waals surface area contributed by atoms with Crippen LogP contribution < -0.4 is 4.74 Å². The molecule has 1 aromatic heterocycles. The molecule has 0 aliphatic rings. The van der Waals surface area contributed by atoms with Gasteiger partial charge in [0, 0.05) is 7.05 Å². The maximum atomic E-state index is 6.83. The Kier molecular flexibility index (Phi) is 1.81. The second-order valence-corrected chi connectivity index (χ2v) is 2.18. The number of methoxy groups -OCH3 is 1. The van der Waals surface area contributed by atoms with Crippen molar-refractivity contribution in [2.24, 2.45) is 7.05 Å². The molecule has 0 radical (unpaired) electrons. The summed E-state index contributed by atoms with van der Waals surface area (Å²) in [5.41, 5.74) is 1.20. The number of ether oxygens (including phenoxy) is 1. The molecule has 0 aliphatic carbocycles. The lowest BCUT2D eigenvalue weighted by molar-refractivity contribution is 0.375. The standard InChI is InChI=1S/C7H9N3O/c1-5-6(8-2)7(11-4)10(3)9-5/h1,3-4H3. The SMILES string of the molecule is [C-]#[N+]c1c(C)nn(C)c1OC. The van der Waals surface area contributed by atoms with Gasteiger partial charge in [-0.2, -0.15) is 5.10 Å². The van der Waals surface area contributed by atoms with Crippen molar-refractivity contribution in [1.82, 2.24) is 9.78 Å². The molecule has 0 fully saturated rings. The molecule has 0 amide bonds. The maximum absolute atomic E-state index is 6.83. The predicted molar refractivity (Wildman–Crippen MR) is 40.8 cm³/mol. The Labute approximate surface area is 65.2 Å². The number of hydrogen-bond donors (Lipinski definition) is 0. The fourth-order valence-electron chi connectivity index (χ4n) is 0.983. The Bertz CT molecular complexity index is 308. The molecular formula is C7H9N3O. The fraction of sp³-hybridized carbons (Fsp3) is 0.429. The number of hydrogen-bond acceptors (Lipinski definition) is 2. The molecule has 0 atom stereocenters. The lowest BCUT2D eigenvalue weighted by Gasteiger charge is -1.98. The van der Waals surface area contributed by atoms with Crippen LogP contribution >= 0.6 is 0 Å². The van der Waals surface area contributed by atoms with E-state index in [9.17, 15) is 0 Å². The van der Waals surface area contributed by atoms with Crippen LogP contribution in [0.3, 0.4) is 0 Å². The Morgan fingerprint density at radius 3 is 2.64 bits per heavy atom. The monoisotopic (exact) mass is 151 g/mol. The average molecular weight is 151 g/mol. The second kappa shape index (κ2) is 2.62. The zero-order chi connectivity index (χ0) is 8.43. The minimum absolute atomic E-state index is 0.495. The van der Waals surface area contributed by atoms with Gasteiger partial charge in [-0.05, 0) is 6.92 Å². The minimum atomic E-state index is 0.495. The van der Waals surface area contributed by atoms with E-state index in [-0.39, 0.29) is 0 Å². The highest BCUT2D eigenvalue weighted by atomic mass is 16.5. The van der Waals surface area contributed by atoms with Gasteiger partial charge in [-0.25, -0.2) is 9.53 Å². The smallest absolute Gasteiger partial charge is 0.269 e. The van der Waals surface area contributed by atoms with Crippen molar-refractivity contribution >= 4 is 5.69 Å². The van der Waals surface area contributed by atoms with Gasteiger partial charge in [0.15, 0.2) is 0 Å². The first kappa shape index (κ1) is 7.61. The molecule has 0 unspecified atom stereocenters. The van der Waals surface area contributed by atoms with Crippen LogP contribution in [0, 0.1) is 13.5 Å². The molecule has 0 N–H and O–H groups in total. The van der Waals surface area contributed by atoms with Gasteiger partial charge in [0.25, 0.3) is 5.69 Å². The van der Waals surface area contributed by atoms with E-state index in [1.54, 1.807) is 18.7 Å². The molecule has 11 heavy (non-hydrogen) atoms. The number of rotatable bonds is 1. The van der Waals surface area contributed by atoms with E-state index >= 15 is 0 Å². The Morgan fingerprint density at radius 1 is 1.64 bits per heavy atom. The van der Waals surface area contributed by atoms with Crippen LogP contribution in [0.2, 0.25) is 0 Å². The van der Waals surface area contributed by atoms with Gasteiger partial charge in [-0.3, -0.25) is 0 Å². The summed E-state index contributed by atoms with van der Waals surface area (Å²) in [6, 6.07) is 0. The zero-order valence-electron chi connectivity index (χ0n) is 6.75. The summed E-state index contributed by atoms with van der Waals surface area (Å²) in [5, 5.41) is 4.03. The van der Waals surface area contributed by atoms with Crippen LogP contribution in [0.25, 0.3) is 4.85 Å². The average Bonchev–Trinajstić information content (AvgIpc) is 2.24. The van der Waals surface area contributed by atoms with Crippen LogP contribution in [0.1, 0.15) is 5.69 Å². The third-order valence-corrected chi connectivity index (χ3v) is 1.44. The predicted octanol–water partition coefficient (Wildman–Crippen LogP) is 1.29. The summed E-state index contributed by atoms with van der Waals surface area (Å²) < 4.78 is 6.53. The van der Waals surface area contributed by atoms with Crippen LogP contribution in [-0.4, -0.2) is 16.9 Å². The molecule has 0 saturated heterocycles. The van der Waals surface area contributed by atoms with Crippen LogP contribution in [0.5, 0.6) is 5.88 Å². The largest absolute Gasteiger partial charge is 0.490 e. The summed E-state index contributed by atoms with van der Waals surface area (Å²) in [6.45, 7) is 8.62. The van der Waals surface area contributed by atoms with Gasteiger partial charge in [-0.1, -0.05) is 0 Å². The fourth-order valence-corrected chi connectivity index (χ4v) is 0.983. The Morgan fingerprint density at radius 2 is 2.27 bits per heavy atom. The zero-order valence-corrected chi connectivity index (χ0v) is 6.75. The lowest BCUT2D eigenvalue weighted by Crippen LogP contribution is -1.94. The molecule has 58 valence electrons. The second-order valence-electron chi connectivity index (χ2n) is 2.18. The first-order chi connectivity index (χ1) is 5.20. The first-order valence-corrected chi connectivity index (χ1v) is 3.15. The van der Waals surface area contributed by atoms with Crippen molar-refractivity contribution in [3.8, 4) is 5.88 Å².